The molecular weight excluding hydrogens is 188 g/mol. The van der Waals surface area contributed by atoms with Crippen molar-refractivity contribution in [2.75, 3.05) is 0 Å². The van der Waals surface area contributed by atoms with Crippen LogP contribution < -0.4 is 0 Å². The number of esters is 1. The van der Waals surface area contributed by atoms with E-state index in [1.54, 1.807) is 0 Å². The summed E-state index contributed by atoms with van der Waals surface area (Å²) in [6, 6.07) is 0. The Morgan fingerprint density at radius 2 is 1.73 bits per heavy atom. The predicted octanol–water partition coefficient (Wildman–Crippen LogP) is 3.93. The van der Waals surface area contributed by atoms with Crippen molar-refractivity contribution in [3.63, 3.8) is 0 Å². The van der Waals surface area contributed by atoms with Crippen molar-refractivity contribution in [3.05, 3.63) is 0 Å². The molecule has 0 saturated heterocycles. The lowest BCUT2D eigenvalue weighted by molar-refractivity contribution is -0.153. The molecule has 0 spiro atoms. The minimum atomic E-state index is -0.0212. The van der Waals surface area contributed by atoms with Crippen LogP contribution in [0, 0.1) is 5.92 Å². The third-order valence-electron chi connectivity index (χ3n) is 2.66. The Bertz CT molecular complexity index is 166. The van der Waals surface area contributed by atoms with E-state index in [0.717, 1.165) is 25.7 Å². The Morgan fingerprint density at radius 3 is 2.27 bits per heavy atom. The molecule has 90 valence electrons. The average molecular weight is 214 g/mol. The summed E-state index contributed by atoms with van der Waals surface area (Å²) in [5.74, 6) is 0.0444. The van der Waals surface area contributed by atoms with Crippen LogP contribution in [0.5, 0.6) is 0 Å². The first kappa shape index (κ1) is 14.5. The number of hydrogen-bond donors (Lipinski definition) is 0. The van der Waals surface area contributed by atoms with Crippen LogP contribution in [-0.2, 0) is 9.53 Å². The maximum absolute atomic E-state index is 11.6. The van der Waals surface area contributed by atoms with Gasteiger partial charge in [0, 0.05) is 0 Å². The van der Waals surface area contributed by atoms with Gasteiger partial charge in [0.25, 0.3) is 0 Å². The first-order valence-electron chi connectivity index (χ1n) is 6.32. The highest BCUT2D eigenvalue weighted by Crippen LogP contribution is 2.13. The second-order valence-electron chi connectivity index (χ2n) is 4.43. The lowest BCUT2D eigenvalue weighted by atomic mass is 10.0. The van der Waals surface area contributed by atoms with Gasteiger partial charge in [-0.2, -0.15) is 0 Å². The van der Waals surface area contributed by atoms with Crippen LogP contribution in [0.3, 0.4) is 0 Å². The zero-order chi connectivity index (χ0) is 11.7. The van der Waals surface area contributed by atoms with Crippen LogP contribution in [0.15, 0.2) is 0 Å². The van der Waals surface area contributed by atoms with E-state index in [4.69, 9.17) is 4.74 Å². The first-order chi connectivity index (χ1) is 7.11. The third-order valence-corrected chi connectivity index (χ3v) is 2.66. The summed E-state index contributed by atoms with van der Waals surface area (Å²) in [7, 11) is 0. The van der Waals surface area contributed by atoms with Gasteiger partial charge in [-0.3, -0.25) is 4.79 Å². The molecule has 2 nitrogen and oxygen atoms in total. The second-order valence-corrected chi connectivity index (χ2v) is 4.43. The van der Waals surface area contributed by atoms with E-state index < -0.39 is 0 Å². The molecule has 0 aliphatic heterocycles. The Labute approximate surface area is 94.4 Å². The summed E-state index contributed by atoms with van der Waals surface area (Å²) in [5.41, 5.74) is 0. The van der Waals surface area contributed by atoms with Crippen molar-refractivity contribution < 1.29 is 9.53 Å². The molecule has 15 heavy (non-hydrogen) atoms. The maximum atomic E-state index is 11.6. The largest absolute Gasteiger partial charge is 0.462 e. The van der Waals surface area contributed by atoms with Gasteiger partial charge in [0.05, 0.1) is 12.0 Å². The van der Waals surface area contributed by atoms with Crippen LogP contribution in [0.4, 0.5) is 0 Å². The number of carbonyl (C=O) groups is 1. The number of unbranched alkanes of at least 4 members (excludes halogenated alkanes) is 2. The van der Waals surface area contributed by atoms with Crippen LogP contribution in [0.25, 0.3) is 0 Å². The monoisotopic (exact) mass is 214 g/mol. The van der Waals surface area contributed by atoms with Gasteiger partial charge in [-0.05, 0) is 19.8 Å². The quantitative estimate of drug-likeness (QED) is 0.452. The molecular formula is C13H26O2. The van der Waals surface area contributed by atoms with E-state index in [-0.39, 0.29) is 18.0 Å². The molecule has 0 rings (SSSR count). The molecule has 0 amide bonds. The lowest BCUT2D eigenvalue weighted by Crippen LogP contribution is -2.20. The van der Waals surface area contributed by atoms with E-state index in [0.29, 0.717) is 0 Å². The van der Waals surface area contributed by atoms with Crippen LogP contribution in [0.1, 0.15) is 66.2 Å². The molecule has 0 aliphatic carbocycles. The van der Waals surface area contributed by atoms with Crippen molar-refractivity contribution in [3.8, 4) is 0 Å². The van der Waals surface area contributed by atoms with E-state index >= 15 is 0 Å². The van der Waals surface area contributed by atoms with E-state index in [1.807, 2.05) is 13.8 Å². The van der Waals surface area contributed by atoms with E-state index in [2.05, 4.69) is 13.8 Å². The molecule has 0 N–H and O–H groups in total. The Kier molecular flexibility index (Phi) is 8.44. The van der Waals surface area contributed by atoms with Crippen molar-refractivity contribution in [1.82, 2.24) is 0 Å². The van der Waals surface area contributed by atoms with Crippen LogP contribution in [0.2, 0.25) is 0 Å². The van der Waals surface area contributed by atoms with Gasteiger partial charge in [0.1, 0.15) is 0 Å². The summed E-state index contributed by atoms with van der Waals surface area (Å²) in [6.45, 7) is 8.22. The molecule has 0 saturated carbocycles. The summed E-state index contributed by atoms with van der Waals surface area (Å²) in [5, 5.41) is 0. The molecule has 0 fully saturated rings. The van der Waals surface area contributed by atoms with Crippen molar-refractivity contribution in [1.29, 1.82) is 0 Å². The summed E-state index contributed by atoms with van der Waals surface area (Å²) < 4.78 is 5.34. The fourth-order valence-electron chi connectivity index (χ4n) is 1.60. The minimum Gasteiger partial charge on any atom is -0.462 e. The number of ether oxygens (including phenoxy) is 1. The molecule has 0 aliphatic rings. The SMILES string of the molecule is CCCCCC(C)C(=O)OC(C)CCC. The van der Waals surface area contributed by atoms with Gasteiger partial charge in [0.15, 0.2) is 0 Å². The molecule has 0 aromatic carbocycles. The first-order valence-corrected chi connectivity index (χ1v) is 6.32. The van der Waals surface area contributed by atoms with Crippen molar-refractivity contribution >= 4 is 5.97 Å². The highest BCUT2D eigenvalue weighted by molar-refractivity contribution is 5.72. The smallest absolute Gasteiger partial charge is 0.308 e. The Morgan fingerprint density at radius 1 is 1.07 bits per heavy atom. The van der Waals surface area contributed by atoms with Gasteiger partial charge < -0.3 is 4.74 Å². The molecule has 0 heterocycles. The standard InChI is InChI=1S/C13H26O2/c1-5-7-8-10-11(3)13(14)15-12(4)9-6-2/h11-12H,5-10H2,1-4H3. The van der Waals surface area contributed by atoms with E-state index in [1.165, 1.54) is 12.8 Å². The number of carbonyl (C=O) groups excluding carboxylic acids is 1. The van der Waals surface area contributed by atoms with E-state index in [9.17, 15) is 4.79 Å². The van der Waals surface area contributed by atoms with Crippen LogP contribution in [-0.4, -0.2) is 12.1 Å². The van der Waals surface area contributed by atoms with Crippen molar-refractivity contribution in [2.24, 2.45) is 5.92 Å². The van der Waals surface area contributed by atoms with Gasteiger partial charge >= 0.3 is 5.97 Å². The molecule has 2 heteroatoms. The van der Waals surface area contributed by atoms with Crippen LogP contribution >= 0.6 is 0 Å². The average Bonchev–Trinajstić information content (AvgIpc) is 2.18. The molecule has 0 aromatic heterocycles. The predicted molar refractivity (Wildman–Crippen MR) is 63.8 cm³/mol. The molecule has 2 unspecified atom stereocenters. The summed E-state index contributed by atoms with van der Waals surface area (Å²) >= 11 is 0. The van der Waals surface area contributed by atoms with Gasteiger partial charge in [-0.1, -0.05) is 46.5 Å². The minimum absolute atomic E-state index is 0.0212. The topological polar surface area (TPSA) is 26.3 Å². The molecule has 2 atom stereocenters. The molecule has 0 radical (unpaired) electrons. The molecule has 0 bridgehead atoms. The fourth-order valence-corrected chi connectivity index (χ4v) is 1.60. The fraction of sp³-hybridized carbons (Fsp3) is 0.923. The highest BCUT2D eigenvalue weighted by Gasteiger charge is 2.16. The number of hydrogen-bond acceptors (Lipinski definition) is 2. The Hall–Kier alpha value is -0.530. The zero-order valence-electron chi connectivity index (χ0n) is 10.7. The zero-order valence-corrected chi connectivity index (χ0v) is 10.7. The maximum Gasteiger partial charge on any atom is 0.308 e. The second kappa shape index (κ2) is 8.75. The Balaban J connectivity index is 3.68. The normalized spacial score (nSPS) is 14.7. The highest BCUT2D eigenvalue weighted by atomic mass is 16.5. The molecule has 0 aromatic rings. The third kappa shape index (κ3) is 7.40. The van der Waals surface area contributed by atoms with Gasteiger partial charge in [0.2, 0.25) is 0 Å². The van der Waals surface area contributed by atoms with Crippen molar-refractivity contribution in [2.45, 2.75) is 72.3 Å². The lowest BCUT2D eigenvalue weighted by Gasteiger charge is -2.16. The van der Waals surface area contributed by atoms with Gasteiger partial charge in [-0.15, -0.1) is 0 Å². The van der Waals surface area contributed by atoms with Gasteiger partial charge in [-0.25, -0.2) is 0 Å². The number of rotatable bonds is 8. The summed E-state index contributed by atoms with van der Waals surface area (Å²) in [4.78, 5) is 11.6. The summed E-state index contributed by atoms with van der Waals surface area (Å²) in [6.07, 6.45) is 6.62.